The van der Waals surface area contributed by atoms with Crippen molar-refractivity contribution in [2.75, 3.05) is 24.0 Å². The van der Waals surface area contributed by atoms with Gasteiger partial charge in [0.15, 0.2) is 11.0 Å². The molecular formula is C19H21F3N4O3S. The summed E-state index contributed by atoms with van der Waals surface area (Å²) in [6, 6.07) is 5.58. The Balaban J connectivity index is 1.85. The van der Waals surface area contributed by atoms with Gasteiger partial charge in [-0.15, -0.1) is 0 Å². The summed E-state index contributed by atoms with van der Waals surface area (Å²) in [5, 5.41) is 2.70. The van der Waals surface area contributed by atoms with Crippen molar-refractivity contribution < 1.29 is 26.9 Å². The first-order valence-corrected chi connectivity index (χ1v) is 10.1. The zero-order valence-corrected chi connectivity index (χ0v) is 17.1. The van der Waals surface area contributed by atoms with Crippen LogP contribution >= 0.6 is 0 Å². The van der Waals surface area contributed by atoms with E-state index in [2.05, 4.69) is 10.3 Å². The van der Waals surface area contributed by atoms with Crippen LogP contribution in [0.25, 0.3) is 0 Å². The molecule has 7 nitrogen and oxygen atoms in total. The van der Waals surface area contributed by atoms with Crippen LogP contribution < -0.4 is 20.1 Å². The number of anilines is 1. The number of fused-ring (bicyclic) bond motifs is 1. The quantitative estimate of drug-likeness (QED) is 0.742. The van der Waals surface area contributed by atoms with E-state index in [4.69, 9.17) is 10.5 Å². The van der Waals surface area contributed by atoms with E-state index in [1.165, 1.54) is 28.7 Å². The first-order chi connectivity index (χ1) is 14.0. The van der Waals surface area contributed by atoms with E-state index in [1.54, 1.807) is 13.8 Å². The molecule has 1 unspecified atom stereocenters. The minimum Gasteiger partial charge on any atom is -0.474 e. The lowest BCUT2D eigenvalue weighted by Crippen LogP contribution is -2.45. The standard InChI is InChI=1S/C19H21F3N4O3S/c1-18(2,23)11-25-16(27)12-9-15-17(24-10-12)29-8-7-26(15)30(28)14-5-3-13(4-6-14)19(20,21)22/h3-6,9-10H,7-8,11,23H2,1-2H3,(H,25,27). The molecule has 0 spiro atoms. The van der Waals surface area contributed by atoms with Gasteiger partial charge in [-0.1, -0.05) is 0 Å². The van der Waals surface area contributed by atoms with Crippen molar-refractivity contribution in [1.29, 1.82) is 0 Å². The topological polar surface area (TPSA) is 97.5 Å². The molecule has 2 aromatic rings. The average Bonchev–Trinajstić information content (AvgIpc) is 2.69. The number of aromatic nitrogens is 1. The number of nitrogens with one attached hydrogen (secondary N) is 1. The molecular weight excluding hydrogens is 421 g/mol. The second kappa shape index (κ2) is 8.23. The number of nitrogens with two attached hydrogens (primary N) is 1. The highest BCUT2D eigenvalue weighted by atomic mass is 32.2. The first-order valence-electron chi connectivity index (χ1n) is 9.02. The number of benzene rings is 1. The lowest BCUT2D eigenvalue weighted by atomic mass is 10.1. The van der Waals surface area contributed by atoms with Crippen molar-refractivity contribution in [3.05, 3.63) is 47.7 Å². The lowest BCUT2D eigenvalue weighted by molar-refractivity contribution is -0.137. The van der Waals surface area contributed by atoms with Crippen LogP contribution in [0.5, 0.6) is 5.88 Å². The summed E-state index contributed by atoms with van der Waals surface area (Å²) in [7, 11) is -1.81. The number of amides is 1. The fourth-order valence-corrected chi connectivity index (χ4v) is 3.84. The number of halogens is 3. The number of ether oxygens (including phenoxy) is 1. The molecule has 1 aliphatic rings. The number of carbonyl (C=O) groups excluding carboxylic acids is 1. The molecule has 0 bridgehead atoms. The third kappa shape index (κ3) is 5.08. The van der Waals surface area contributed by atoms with Crippen LogP contribution in [-0.4, -0.2) is 40.3 Å². The van der Waals surface area contributed by atoms with Crippen molar-refractivity contribution in [3.63, 3.8) is 0 Å². The molecule has 1 aromatic carbocycles. The van der Waals surface area contributed by atoms with E-state index in [-0.39, 0.29) is 36.0 Å². The maximum absolute atomic E-state index is 13.0. The number of carbonyl (C=O) groups is 1. The van der Waals surface area contributed by atoms with E-state index in [1.807, 2.05) is 0 Å². The Hall–Kier alpha value is -2.66. The van der Waals surface area contributed by atoms with Gasteiger partial charge in [0.2, 0.25) is 5.88 Å². The van der Waals surface area contributed by atoms with Crippen molar-refractivity contribution in [2.45, 2.75) is 30.5 Å². The van der Waals surface area contributed by atoms with Gasteiger partial charge in [-0.3, -0.25) is 9.10 Å². The summed E-state index contributed by atoms with van der Waals surface area (Å²) in [6.45, 7) is 4.17. The van der Waals surface area contributed by atoms with Gasteiger partial charge in [0.05, 0.1) is 22.6 Å². The molecule has 0 radical (unpaired) electrons. The molecule has 0 saturated heterocycles. The number of alkyl halides is 3. The summed E-state index contributed by atoms with van der Waals surface area (Å²) in [6.07, 6.45) is -3.14. The molecule has 11 heteroatoms. The lowest BCUT2D eigenvalue weighted by Gasteiger charge is -2.29. The summed E-state index contributed by atoms with van der Waals surface area (Å²) in [4.78, 5) is 16.7. The molecule has 30 heavy (non-hydrogen) atoms. The molecule has 1 aliphatic heterocycles. The number of rotatable bonds is 5. The molecule has 0 aliphatic carbocycles. The summed E-state index contributed by atoms with van der Waals surface area (Å²) >= 11 is 0. The number of hydrogen-bond acceptors (Lipinski definition) is 5. The minimum absolute atomic E-state index is 0.190. The van der Waals surface area contributed by atoms with Crippen LogP contribution in [0, 0.1) is 0 Å². The Kier molecular flexibility index (Phi) is 6.04. The van der Waals surface area contributed by atoms with Crippen LogP contribution in [-0.2, 0) is 17.2 Å². The van der Waals surface area contributed by atoms with Crippen molar-refractivity contribution >= 4 is 22.6 Å². The molecule has 0 saturated carbocycles. The highest BCUT2D eigenvalue weighted by Gasteiger charge is 2.31. The van der Waals surface area contributed by atoms with Gasteiger partial charge in [-0.05, 0) is 44.2 Å². The normalized spacial score (nSPS) is 15.2. The Morgan fingerprint density at radius 3 is 2.57 bits per heavy atom. The largest absolute Gasteiger partial charge is 0.474 e. The summed E-state index contributed by atoms with van der Waals surface area (Å²) in [5.41, 5.74) is 4.98. The molecule has 2 heterocycles. The van der Waals surface area contributed by atoms with Crippen LogP contribution in [0.15, 0.2) is 41.4 Å². The van der Waals surface area contributed by atoms with Crippen molar-refractivity contribution in [1.82, 2.24) is 10.3 Å². The number of pyridine rings is 1. The van der Waals surface area contributed by atoms with Crippen molar-refractivity contribution in [2.24, 2.45) is 5.73 Å². The fraction of sp³-hybridized carbons (Fsp3) is 0.368. The molecule has 162 valence electrons. The zero-order valence-electron chi connectivity index (χ0n) is 16.3. The Morgan fingerprint density at radius 2 is 1.97 bits per heavy atom. The van der Waals surface area contributed by atoms with Gasteiger partial charge in [0.25, 0.3) is 5.91 Å². The van der Waals surface area contributed by atoms with E-state index < -0.39 is 34.2 Å². The predicted octanol–water partition coefficient (Wildman–Crippen LogP) is 2.49. The van der Waals surface area contributed by atoms with Gasteiger partial charge in [0.1, 0.15) is 12.3 Å². The van der Waals surface area contributed by atoms with E-state index in [0.717, 1.165) is 12.1 Å². The Bertz CT molecular complexity index is 959. The molecule has 3 N–H and O–H groups in total. The molecule has 1 atom stereocenters. The van der Waals surface area contributed by atoms with Gasteiger partial charge in [-0.2, -0.15) is 13.2 Å². The van der Waals surface area contributed by atoms with E-state index in [0.29, 0.717) is 5.69 Å². The number of nitrogens with zero attached hydrogens (tertiary/aromatic N) is 2. The second-order valence-electron chi connectivity index (χ2n) is 7.44. The van der Waals surface area contributed by atoms with Crippen LogP contribution in [0.4, 0.5) is 18.9 Å². The maximum Gasteiger partial charge on any atom is 0.416 e. The van der Waals surface area contributed by atoms with Gasteiger partial charge < -0.3 is 15.8 Å². The third-order valence-electron chi connectivity index (χ3n) is 4.18. The summed E-state index contributed by atoms with van der Waals surface area (Å²) < 4.78 is 58.2. The Morgan fingerprint density at radius 1 is 1.30 bits per heavy atom. The Labute approximate surface area is 174 Å². The third-order valence-corrected chi connectivity index (χ3v) is 5.64. The fourth-order valence-electron chi connectivity index (χ4n) is 2.67. The average molecular weight is 442 g/mol. The van der Waals surface area contributed by atoms with E-state index in [9.17, 15) is 22.2 Å². The van der Waals surface area contributed by atoms with Crippen LogP contribution in [0.2, 0.25) is 0 Å². The monoisotopic (exact) mass is 442 g/mol. The smallest absolute Gasteiger partial charge is 0.416 e. The molecule has 1 aromatic heterocycles. The first kappa shape index (κ1) is 22.0. The van der Waals surface area contributed by atoms with Crippen molar-refractivity contribution in [3.8, 4) is 5.88 Å². The highest BCUT2D eigenvalue weighted by molar-refractivity contribution is 7.86. The van der Waals surface area contributed by atoms with Crippen LogP contribution in [0.1, 0.15) is 29.8 Å². The predicted molar refractivity (Wildman–Crippen MR) is 106 cm³/mol. The maximum atomic E-state index is 13.0. The summed E-state index contributed by atoms with van der Waals surface area (Å²) in [5.74, 6) is -0.216. The minimum atomic E-state index is -4.48. The van der Waals surface area contributed by atoms with Gasteiger partial charge >= 0.3 is 6.18 Å². The second-order valence-corrected chi connectivity index (χ2v) is 8.85. The molecule has 0 fully saturated rings. The van der Waals surface area contributed by atoms with Crippen LogP contribution in [0.3, 0.4) is 0 Å². The SMILES string of the molecule is CC(C)(N)CNC(=O)c1cnc2c(c1)N(S(=O)c1ccc(C(F)(F)F)cc1)CCO2. The van der Waals surface area contributed by atoms with E-state index >= 15 is 0 Å². The number of hydrogen-bond donors (Lipinski definition) is 2. The highest BCUT2D eigenvalue weighted by Crippen LogP contribution is 2.34. The van der Waals surface area contributed by atoms with Gasteiger partial charge in [0, 0.05) is 18.3 Å². The zero-order chi connectivity index (χ0) is 22.1. The van der Waals surface area contributed by atoms with Gasteiger partial charge in [-0.25, -0.2) is 9.19 Å². The molecule has 1 amide bonds. The molecule has 3 rings (SSSR count).